The normalized spacial score (nSPS) is 16.1. The Balaban J connectivity index is 5.18. The number of aliphatic hydroxyl groups excluding tert-OH is 1. The number of hydrogen-bond donors (Lipinski definition) is 7. The van der Waals surface area contributed by atoms with Crippen molar-refractivity contribution in [2.75, 3.05) is 17.8 Å². The zero-order chi connectivity index (χ0) is 23.4. The molecule has 0 aliphatic heterocycles. The molecule has 7 N–H and O–H groups in total. The quantitative estimate of drug-likeness (QED) is 0.159. The van der Waals surface area contributed by atoms with Gasteiger partial charge in [0.2, 0.25) is 17.7 Å². The van der Waals surface area contributed by atoms with E-state index in [2.05, 4.69) is 28.6 Å². The highest BCUT2D eigenvalue weighted by Gasteiger charge is 2.31. The van der Waals surface area contributed by atoms with Gasteiger partial charge in [-0.2, -0.15) is 24.4 Å². The first-order valence-corrected chi connectivity index (χ1v) is 11.6. The predicted molar refractivity (Wildman–Crippen MR) is 119 cm³/mol. The van der Waals surface area contributed by atoms with Gasteiger partial charge in [0.15, 0.2) is 6.04 Å². The molecule has 5 unspecified atom stereocenters. The molecule has 0 aliphatic rings. The second kappa shape index (κ2) is 14.5. The summed E-state index contributed by atoms with van der Waals surface area (Å²) in [6.45, 7) is 5.08. The fourth-order valence-corrected chi connectivity index (χ4v) is 3.24. The SMILES string of the molecule is CSCCC(NC(=O)C(N)CC(C)C)C(=O)NC(CS)C(=O)NC(C(=O)O)C(C)O. The second-order valence-electron chi connectivity index (χ2n) is 7.39. The lowest BCUT2D eigenvalue weighted by Gasteiger charge is -2.25. The molecule has 0 heterocycles. The van der Waals surface area contributed by atoms with Gasteiger partial charge in [0.25, 0.3) is 0 Å². The fourth-order valence-electron chi connectivity index (χ4n) is 2.51. The number of nitrogens with two attached hydrogens (primary N) is 1. The Morgan fingerprint density at radius 1 is 1.00 bits per heavy atom. The molecule has 0 saturated heterocycles. The minimum atomic E-state index is -1.53. The van der Waals surface area contributed by atoms with Crippen molar-refractivity contribution < 1.29 is 29.4 Å². The van der Waals surface area contributed by atoms with Crippen LogP contribution in [0.5, 0.6) is 0 Å². The smallest absolute Gasteiger partial charge is 0.328 e. The number of rotatable bonds is 14. The Morgan fingerprint density at radius 3 is 1.97 bits per heavy atom. The molecule has 0 rings (SSSR count). The van der Waals surface area contributed by atoms with Crippen LogP contribution in [0.2, 0.25) is 0 Å². The zero-order valence-corrected chi connectivity index (χ0v) is 19.5. The number of aliphatic hydroxyl groups is 1. The van der Waals surface area contributed by atoms with Gasteiger partial charge in [-0.25, -0.2) is 4.79 Å². The highest BCUT2D eigenvalue weighted by atomic mass is 32.2. The Bertz CT molecular complexity index is 591. The molecule has 30 heavy (non-hydrogen) atoms. The van der Waals surface area contributed by atoms with Gasteiger partial charge in [0.1, 0.15) is 12.1 Å². The summed E-state index contributed by atoms with van der Waals surface area (Å²) >= 11 is 5.53. The number of carboxylic acids is 1. The molecule has 5 atom stereocenters. The monoisotopic (exact) mass is 466 g/mol. The first kappa shape index (κ1) is 28.5. The summed E-state index contributed by atoms with van der Waals surface area (Å²) in [7, 11) is 0. The molecule has 0 radical (unpaired) electrons. The molecule has 0 spiro atoms. The standard InChI is InChI=1S/C18H34N4O6S2/c1-9(2)7-11(19)15(24)20-12(5-6-30-4)16(25)21-13(8-29)17(26)22-14(10(3)23)18(27)28/h9-14,23,29H,5-8,19H2,1-4H3,(H,20,24)(H,21,25)(H,22,26)(H,27,28). The van der Waals surface area contributed by atoms with E-state index in [4.69, 9.17) is 10.8 Å². The van der Waals surface area contributed by atoms with E-state index in [1.807, 2.05) is 20.1 Å². The van der Waals surface area contributed by atoms with Crippen LogP contribution in [0, 0.1) is 5.92 Å². The number of amides is 3. The minimum absolute atomic E-state index is 0.111. The van der Waals surface area contributed by atoms with Crippen LogP contribution in [0.3, 0.4) is 0 Å². The topological polar surface area (TPSA) is 171 Å². The van der Waals surface area contributed by atoms with Gasteiger partial charge in [0.05, 0.1) is 12.1 Å². The number of thioether (sulfide) groups is 1. The number of thiol groups is 1. The van der Waals surface area contributed by atoms with Gasteiger partial charge in [-0.15, -0.1) is 0 Å². The zero-order valence-electron chi connectivity index (χ0n) is 17.8. The van der Waals surface area contributed by atoms with Crippen molar-refractivity contribution in [3.05, 3.63) is 0 Å². The number of aliphatic carboxylic acids is 1. The lowest BCUT2D eigenvalue weighted by molar-refractivity contribution is -0.145. The van der Waals surface area contributed by atoms with E-state index < -0.39 is 54.0 Å². The van der Waals surface area contributed by atoms with Gasteiger partial charge in [-0.3, -0.25) is 14.4 Å². The van der Waals surface area contributed by atoms with Gasteiger partial charge in [-0.1, -0.05) is 13.8 Å². The van der Waals surface area contributed by atoms with E-state index in [0.717, 1.165) is 0 Å². The molecular formula is C18H34N4O6S2. The van der Waals surface area contributed by atoms with E-state index in [1.165, 1.54) is 18.7 Å². The van der Waals surface area contributed by atoms with E-state index in [0.29, 0.717) is 18.6 Å². The summed E-state index contributed by atoms with van der Waals surface area (Å²) in [6.07, 6.45) is 1.30. The van der Waals surface area contributed by atoms with Crippen LogP contribution in [0.15, 0.2) is 0 Å². The number of carbonyl (C=O) groups is 4. The van der Waals surface area contributed by atoms with Gasteiger partial charge in [-0.05, 0) is 37.7 Å². The number of nitrogens with one attached hydrogen (secondary N) is 3. The third kappa shape index (κ3) is 10.5. The Labute approximate surface area is 186 Å². The molecule has 0 saturated carbocycles. The third-order valence-corrected chi connectivity index (χ3v) is 5.18. The van der Waals surface area contributed by atoms with Crippen molar-refractivity contribution in [3.63, 3.8) is 0 Å². The van der Waals surface area contributed by atoms with Crippen LogP contribution in [0.4, 0.5) is 0 Å². The highest BCUT2D eigenvalue weighted by Crippen LogP contribution is 2.06. The van der Waals surface area contributed by atoms with Crippen LogP contribution in [0.1, 0.15) is 33.6 Å². The first-order chi connectivity index (χ1) is 13.9. The summed E-state index contributed by atoms with van der Waals surface area (Å²) < 4.78 is 0. The van der Waals surface area contributed by atoms with Crippen LogP contribution in [0.25, 0.3) is 0 Å². The van der Waals surface area contributed by atoms with Crippen LogP contribution in [-0.4, -0.2) is 81.9 Å². The first-order valence-electron chi connectivity index (χ1n) is 9.61. The Morgan fingerprint density at radius 2 is 1.53 bits per heavy atom. The Kier molecular flexibility index (Phi) is 13.8. The van der Waals surface area contributed by atoms with Crippen molar-refractivity contribution in [2.24, 2.45) is 11.7 Å². The largest absolute Gasteiger partial charge is 0.480 e. The minimum Gasteiger partial charge on any atom is -0.480 e. The summed E-state index contributed by atoms with van der Waals surface area (Å²) in [6, 6.07) is -4.36. The van der Waals surface area contributed by atoms with Crippen molar-refractivity contribution >= 4 is 48.1 Å². The molecule has 0 fully saturated rings. The fraction of sp³-hybridized carbons (Fsp3) is 0.778. The Hall–Kier alpha value is -1.50. The average molecular weight is 467 g/mol. The molecule has 0 aromatic carbocycles. The number of carboxylic acid groups (broad SMARTS) is 1. The maximum atomic E-state index is 12.7. The van der Waals surface area contributed by atoms with Crippen LogP contribution >= 0.6 is 24.4 Å². The summed E-state index contributed by atoms with van der Waals surface area (Å²) in [4.78, 5) is 48.5. The summed E-state index contributed by atoms with van der Waals surface area (Å²) in [5.41, 5.74) is 5.88. The second-order valence-corrected chi connectivity index (χ2v) is 8.74. The molecule has 0 aliphatic carbocycles. The van der Waals surface area contributed by atoms with E-state index in [-0.39, 0.29) is 11.7 Å². The maximum absolute atomic E-state index is 12.7. The molecule has 0 aromatic rings. The van der Waals surface area contributed by atoms with E-state index in [1.54, 1.807) is 0 Å². The molecular weight excluding hydrogens is 432 g/mol. The van der Waals surface area contributed by atoms with Crippen molar-refractivity contribution in [1.82, 2.24) is 16.0 Å². The lowest BCUT2D eigenvalue weighted by atomic mass is 10.0. The lowest BCUT2D eigenvalue weighted by Crippen LogP contribution is -2.59. The maximum Gasteiger partial charge on any atom is 0.328 e. The van der Waals surface area contributed by atoms with E-state index in [9.17, 15) is 24.3 Å². The summed E-state index contributed by atoms with van der Waals surface area (Å²) in [5.74, 6) is -2.61. The summed E-state index contributed by atoms with van der Waals surface area (Å²) in [5, 5.41) is 25.9. The molecule has 10 nitrogen and oxygen atoms in total. The molecule has 0 bridgehead atoms. The average Bonchev–Trinajstić information content (AvgIpc) is 2.65. The number of hydrogen-bond acceptors (Lipinski definition) is 8. The molecule has 0 aromatic heterocycles. The van der Waals surface area contributed by atoms with Crippen molar-refractivity contribution in [2.45, 2.75) is 63.9 Å². The van der Waals surface area contributed by atoms with E-state index >= 15 is 0 Å². The van der Waals surface area contributed by atoms with Crippen molar-refractivity contribution in [3.8, 4) is 0 Å². The third-order valence-electron chi connectivity index (χ3n) is 4.17. The van der Waals surface area contributed by atoms with Gasteiger partial charge < -0.3 is 31.9 Å². The number of carbonyl (C=O) groups excluding carboxylic acids is 3. The van der Waals surface area contributed by atoms with Crippen LogP contribution < -0.4 is 21.7 Å². The van der Waals surface area contributed by atoms with Crippen molar-refractivity contribution in [1.29, 1.82) is 0 Å². The van der Waals surface area contributed by atoms with Crippen LogP contribution in [-0.2, 0) is 19.2 Å². The molecule has 12 heteroatoms. The molecule has 174 valence electrons. The molecule has 3 amide bonds. The predicted octanol–water partition coefficient (Wildman–Crippen LogP) is -1.04. The van der Waals surface area contributed by atoms with Gasteiger partial charge in [0, 0.05) is 5.75 Å². The highest BCUT2D eigenvalue weighted by molar-refractivity contribution is 7.98. The van der Waals surface area contributed by atoms with Gasteiger partial charge >= 0.3 is 5.97 Å².